The lowest BCUT2D eigenvalue weighted by Gasteiger charge is -2.09. The van der Waals surface area contributed by atoms with Crippen molar-refractivity contribution in [3.63, 3.8) is 0 Å². The van der Waals surface area contributed by atoms with Gasteiger partial charge in [0.15, 0.2) is 0 Å². The number of halogens is 1. The first kappa shape index (κ1) is 14.3. The smallest absolute Gasteiger partial charge is 0.255 e. The fraction of sp³-hybridized carbons (Fsp3) is 0.154. The van der Waals surface area contributed by atoms with Gasteiger partial charge in [0.2, 0.25) is 0 Å². The first-order valence-corrected chi connectivity index (χ1v) is 5.43. The number of nitrogens with one attached hydrogen (secondary N) is 1. The lowest BCUT2D eigenvalue weighted by atomic mass is 10.0. The Balaban J connectivity index is 0.00000162. The van der Waals surface area contributed by atoms with Crippen LogP contribution < -0.4 is 11.1 Å². The number of aromatic hydroxyl groups is 1. The van der Waals surface area contributed by atoms with E-state index < -0.39 is 0 Å². The fourth-order valence-corrected chi connectivity index (χ4v) is 1.77. The monoisotopic (exact) mass is 266 g/mol. The fourth-order valence-electron chi connectivity index (χ4n) is 1.77. The van der Waals surface area contributed by atoms with Crippen LogP contribution in [0.3, 0.4) is 0 Å². The minimum absolute atomic E-state index is 0. The van der Waals surface area contributed by atoms with Crippen molar-refractivity contribution < 1.29 is 9.90 Å². The molecule has 0 heterocycles. The van der Waals surface area contributed by atoms with Gasteiger partial charge in [0.05, 0.1) is 5.56 Å². The second-order valence-electron chi connectivity index (χ2n) is 3.73. The van der Waals surface area contributed by atoms with Gasteiger partial charge in [-0.25, -0.2) is 0 Å². The summed E-state index contributed by atoms with van der Waals surface area (Å²) in [5.41, 5.74) is 5.63. The standard InChI is InChI=1S/C13H14N2O2.ClH/c14-7-8-15-13(17)12-10-4-2-1-3-9(10)5-6-11(12)16;/h1-6,16H,7-8,14H2,(H,15,17);1H. The zero-order chi connectivity index (χ0) is 12.3. The highest BCUT2D eigenvalue weighted by Gasteiger charge is 2.14. The van der Waals surface area contributed by atoms with Crippen LogP contribution in [0.1, 0.15) is 10.4 Å². The molecular formula is C13H15ClN2O2. The Hall–Kier alpha value is -1.78. The van der Waals surface area contributed by atoms with Crippen molar-refractivity contribution in [1.29, 1.82) is 0 Å². The van der Waals surface area contributed by atoms with Crippen molar-refractivity contribution in [2.24, 2.45) is 5.73 Å². The van der Waals surface area contributed by atoms with Gasteiger partial charge in [-0.1, -0.05) is 30.3 Å². The summed E-state index contributed by atoms with van der Waals surface area (Å²) in [6.45, 7) is 0.763. The number of hydrogen-bond acceptors (Lipinski definition) is 3. The largest absolute Gasteiger partial charge is 0.507 e. The van der Waals surface area contributed by atoms with Gasteiger partial charge in [0, 0.05) is 13.1 Å². The van der Waals surface area contributed by atoms with Gasteiger partial charge in [-0.05, 0) is 16.8 Å². The molecule has 0 bridgehead atoms. The van der Waals surface area contributed by atoms with Crippen molar-refractivity contribution in [2.45, 2.75) is 0 Å². The number of carbonyl (C=O) groups excluding carboxylic acids is 1. The van der Waals surface area contributed by atoms with E-state index in [9.17, 15) is 9.90 Å². The third kappa shape index (κ3) is 2.72. The minimum Gasteiger partial charge on any atom is -0.507 e. The number of hydrogen-bond donors (Lipinski definition) is 3. The molecule has 0 aromatic heterocycles. The molecule has 0 unspecified atom stereocenters. The van der Waals surface area contributed by atoms with E-state index in [1.54, 1.807) is 6.07 Å². The van der Waals surface area contributed by atoms with Gasteiger partial charge in [0.1, 0.15) is 5.75 Å². The Labute approximate surface area is 111 Å². The maximum absolute atomic E-state index is 11.9. The van der Waals surface area contributed by atoms with Crippen LogP contribution in [0.4, 0.5) is 0 Å². The molecule has 0 radical (unpaired) electrons. The SMILES string of the molecule is Cl.NCCNC(=O)c1c(O)ccc2ccccc12. The Bertz CT molecular complexity index is 558. The van der Waals surface area contributed by atoms with Gasteiger partial charge in [-0.2, -0.15) is 0 Å². The first-order chi connectivity index (χ1) is 8.24. The number of rotatable bonds is 3. The second kappa shape index (κ2) is 6.23. The molecule has 4 N–H and O–H groups in total. The molecule has 0 saturated carbocycles. The molecule has 18 heavy (non-hydrogen) atoms. The van der Waals surface area contributed by atoms with E-state index in [0.29, 0.717) is 18.7 Å². The summed E-state index contributed by atoms with van der Waals surface area (Å²) in [5, 5.41) is 14.1. The average molecular weight is 267 g/mol. The second-order valence-corrected chi connectivity index (χ2v) is 3.73. The maximum Gasteiger partial charge on any atom is 0.255 e. The van der Waals surface area contributed by atoms with Crippen LogP contribution in [0, 0.1) is 0 Å². The average Bonchev–Trinajstić information content (AvgIpc) is 2.35. The van der Waals surface area contributed by atoms with Crippen LogP contribution in [-0.4, -0.2) is 24.1 Å². The number of benzene rings is 2. The van der Waals surface area contributed by atoms with E-state index in [-0.39, 0.29) is 24.1 Å². The van der Waals surface area contributed by atoms with Gasteiger partial charge in [-0.3, -0.25) is 4.79 Å². The van der Waals surface area contributed by atoms with E-state index in [4.69, 9.17) is 5.73 Å². The maximum atomic E-state index is 11.9. The van der Waals surface area contributed by atoms with Crippen LogP contribution in [0.2, 0.25) is 0 Å². The summed E-state index contributed by atoms with van der Waals surface area (Å²) in [4.78, 5) is 11.9. The molecule has 0 aliphatic rings. The summed E-state index contributed by atoms with van der Waals surface area (Å²) >= 11 is 0. The third-order valence-electron chi connectivity index (χ3n) is 2.56. The van der Waals surface area contributed by atoms with E-state index in [1.165, 1.54) is 6.07 Å². The molecule has 0 saturated heterocycles. The van der Waals surface area contributed by atoms with Gasteiger partial charge in [-0.15, -0.1) is 12.4 Å². The lowest BCUT2D eigenvalue weighted by Crippen LogP contribution is -2.29. The lowest BCUT2D eigenvalue weighted by molar-refractivity contribution is 0.0954. The molecular weight excluding hydrogens is 252 g/mol. The summed E-state index contributed by atoms with van der Waals surface area (Å²) < 4.78 is 0. The van der Waals surface area contributed by atoms with Crippen molar-refractivity contribution in [3.8, 4) is 5.75 Å². The van der Waals surface area contributed by atoms with Crippen molar-refractivity contribution in [3.05, 3.63) is 42.0 Å². The van der Waals surface area contributed by atoms with E-state index in [1.807, 2.05) is 24.3 Å². The van der Waals surface area contributed by atoms with Crippen LogP contribution in [0.15, 0.2) is 36.4 Å². The highest BCUT2D eigenvalue weighted by atomic mass is 35.5. The van der Waals surface area contributed by atoms with Crippen molar-refractivity contribution in [2.75, 3.05) is 13.1 Å². The highest BCUT2D eigenvalue weighted by Crippen LogP contribution is 2.26. The molecule has 4 nitrogen and oxygen atoms in total. The number of carbonyl (C=O) groups is 1. The topological polar surface area (TPSA) is 75.3 Å². The minimum atomic E-state index is -0.301. The molecule has 2 aromatic carbocycles. The molecule has 0 aliphatic heterocycles. The number of fused-ring (bicyclic) bond motifs is 1. The van der Waals surface area contributed by atoms with Crippen LogP contribution >= 0.6 is 12.4 Å². The number of amides is 1. The van der Waals surface area contributed by atoms with E-state index in [0.717, 1.165) is 10.8 Å². The molecule has 2 rings (SSSR count). The molecule has 96 valence electrons. The molecule has 0 fully saturated rings. The van der Waals surface area contributed by atoms with Crippen LogP contribution in [0.5, 0.6) is 5.75 Å². The quantitative estimate of drug-likeness (QED) is 0.791. The summed E-state index contributed by atoms with van der Waals surface area (Å²) in [6.07, 6.45) is 0. The Kier molecular flexibility index (Phi) is 4.95. The van der Waals surface area contributed by atoms with Crippen molar-refractivity contribution >= 4 is 29.1 Å². The summed E-state index contributed by atoms with van der Waals surface area (Å²) in [6, 6.07) is 10.7. The molecule has 0 atom stereocenters. The normalized spacial score (nSPS) is 9.83. The van der Waals surface area contributed by atoms with E-state index >= 15 is 0 Å². The van der Waals surface area contributed by atoms with Crippen molar-refractivity contribution in [1.82, 2.24) is 5.32 Å². The number of nitrogens with two attached hydrogens (primary N) is 1. The summed E-state index contributed by atoms with van der Waals surface area (Å²) in [5.74, 6) is -0.317. The predicted octanol–water partition coefficient (Wildman–Crippen LogP) is 1.66. The molecule has 2 aromatic rings. The van der Waals surface area contributed by atoms with Gasteiger partial charge >= 0.3 is 0 Å². The van der Waals surface area contributed by atoms with Gasteiger partial charge in [0.25, 0.3) is 5.91 Å². The predicted molar refractivity (Wildman–Crippen MR) is 74.2 cm³/mol. The molecule has 0 aliphatic carbocycles. The molecule has 0 spiro atoms. The molecule has 1 amide bonds. The zero-order valence-electron chi connectivity index (χ0n) is 9.72. The van der Waals surface area contributed by atoms with Gasteiger partial charge < -0.3 is 16.2 Å². The third-order valence-corrected chi connectivity index (χ3v) is 2.56. The van der Waals surface area contributed by atoms with Crippen LogP contribution in [0.25, 0.3) is 10.8 Å². The Morgan fingerprint density at radius 1 is 1.22 bits per heavy atom. The Morgan fingerprint density at radius 3 is 2.67 bits per heavy atom. The first-order valence-electron chi connectivity index (χ1n) is 5.43. The summed E-state index contributed by atoms with van der Waals surface area (Å²) in [7, 11) is 0. The van der Waals surface area contributed by atoms with E-state index in [2.05, 4.69) is 5.32 Å². The highest BCUT2D eigenvalue weighted by molar-refractivity contribution is 6.09. The van der Waals surface area contributed by atoms with Crippen LogP contribution in [-0.2, 0) is 0 Å². The Morgan fingerprint density at radius 2 is 1.94 bits per heavy atom. The molecule has 5 heteroatoms. The number of phenols is 1. The number of phenolic OH excluding ortho intramolecular Hbond substituents is 1. The zero-order valence-corrected chi connectivity index (χ0v) is 10.5.